The van der Waals surface area contributed by atoms with Crippen molar-refractivity contribution in [1.82, 2.24) is 14.9 Å². The second-order valence-electron chi connectivity index (χ2n) is 36.9. The summed E-state index contributed by atoms with van der Waals surface area (Å²) in [4.78, 5) is 15.0. The molecule has 100 heavy (non-hydrogen) atoms. The summed E-state index contributed by atoms with van der Waals surface area (Å²) in [5, 5.41) is 93.7. The lowest BCUT2D eigenvalue weighted by Gasteiger charge is -2.52. The van der Waals surface area contributed by atoms with Gasteiger partial charge in [0.1, 0.15) is 0 Å². The van der Waals surface area contributed by atoms with Crippen molar-refractivity contribution in [3.8, 4) is 0 Å². The lowest BCUT2D eigenvalue weighted by atomic mass is 9.47. The van der Waals surface area contributed by atoms with Gasteiger partial charge in [-0.2, -0.15) is 0 Å². The largest absolute Gasteiger partial charge is 0.290 e. The molecule has 4 aliphatic carbocycles. The second-order valence-corrected chi connectivity index (χ2v) is 36.9. The molecule has 0 amide bonds. The molecule has 1 aromatic heterocycles. The first-order chi connectivity index (χ1) is 49.0. The predicted molar refractivity (Wildman–Crippen MR) is 423 cm³/mol. The molecule has 1 aliphatic heterocycles. The lowest BCUT2D eigenvalue weighted by molar-refractivity contribution is 0.218. The predicted octanol–water partition coefficient (Wildman–Crippen LogP) is 25.5. The summed E-state index contributed by atoms with van der Waals surface area (Å²) < 4.78 is 0. The van der Waals surface area contributed by atoms with E-state index in [1.54, 1.807) is 313 Å². The van der Waals surface area contributed by atoms with Crippen molar-refractivity contribution < 1.29 is 0 Å². The molecule has 34 aromatic rings. The van der Waals surface area contributed by atoms with Crippen LogP contribution in [0.5, 0.6) is 0 Å². The van der Waals surface area contributed by atoms with Gasteiger partial charge >= 0.3 is 0 Å². The fraction of sp³-hybridized carbons (Fsp3) is 0.134. The molecule has 3 heteroatoms. The summed E-state index contributed by atoms with van der Waals surface area (Å²) in [6.45, 7) is 16.4. The first-order valence-electron chi connectivity index (χ1n) is 37.2. The zero-order valence-electron chi connectivity index (χ0n) is 54.4. The summed E-state index contributed by atoms with van der Waals surface area (Å²) in [5.74, 6) is 0. The fourth-order valence-corrected chi connectivity index (χ4v) is 30.9. The number of aromatic nitrogens is 2. The molecule has 5 aliphatic rings. The molecule has 2 spiro atoms. The Bertz CT molecular complexity index is 9500. The second kappa shape index (κ2) is 10.8. The van der Waals surface area contributed by atoms with E-state index in [0.717, 1.165) is 35.2 Å². The third kappa shape index (κ3) is 2.91. The first-order valence-corrected chi connectivity index (χ1v) is 37.2. The van der Waals surface area contributed by atoms with Crippen LogP contribution in [0.2, 0.25) is 0 Å². The van der Waals surface area contributed by atoms with Gasteiger partial charge in [-0.05, 0) is 369 Å². The van der Waals surface area contributed by atoms with Crippen LogP contribution in [0, 0.1) is 0 Å². The highest BCUT2D eigenvalue weighted by molar-refractivity contribution is 6.82. The lowest BCUT2D eigenvalue weighted by Crippen LogP contribution is -2.51. The Hall–Kier alpha value is -11.4. The number of hydrogen-bond donors (Lipinski definition) is 0. The smallest absolute Gasteiger partial charge is 0.0979 e. The molecule has 0 bridgehead atoms. The highest BCUT2D eigenvalue weighted by atomic mass is 15.2. The van der Waals surface area contributed by atoms with Crippen LogP contribution in [0.25, 0.3) is 334 Å². The number of nitrogens with zero attached hydrogens (tertiary/aromatic N) is 3. The Kier molecular flexibility index (Phi) is 4.66. The van der Waals surface area contributed by atoms with Crippen molar-refractivity contribution in [3.63, 3.8) is 0 Å². The summed E-state index contributed by atoms with van der Waals surface area (Å²) in [6.07, 6.45) is 0. The third-order valence-electron chi connectivity index (χ3n) is 32.6. The topological polar surface area (TPSA) is 29.0 Å². The molecule has 0 saturated carbocycles. The zero-order chi connectivity index (χ0) is 62.3. The normalized spacial score (nSPS) is 20.8. The van der Waals surface area contributed by atoms with E-state index in [4.69, 9.17) is 9.97 Å². The summed E-state index contributed by atoms with van der Waals surface area (Å²) in [6, 6.07) is 33.4. The van der Waals surface area contributed by atoms with E-state index < -0.39 is 10.8 Å². The van der Waals surface area contributed by atoms with Crippen LogP contribution in [0.3, 0.4) is 0 Å². The van der Waals surface area contributed by atoms with Crippen LogP contribution in [0.1, 0.15) is 92.1 Å². The van der Waals surface area contributed by atoms with Gasteiger partial charge in [0.05, 0.1) is 38.9 Å². The van der Waals surface area contributed by atoms with Gasteiger partial charge in [0.15, 0.2) is 0 Å². The van der Waals surface area contributed by atoms with Crippen molar-refractivity contribution in [3.05, 3.63) is 129 Å². The number of fused-ring (bicyclic) bond motifs is 7. The Morgan fingerprint density at radius 1 is 0.300 bits per heavy atom. The molecule has 1 unspecified atom stereocenters. The number of rotatable bonds is 3. The molecule has 0 radical (unpaired) electrons. The Morgan fingerprint density at radius 3 is 0.870 bits per heavy atom. The molecule has 0 N–H and O–H groups in total. The van der Waals surface area contributed by atoms with E-state index in [2.05, 4.69) is 131 Å². The van der Waals surface area contributed by atoms with Crippen molar-refractivity contribution in [1.29, 1.82) is 0 Å². The van der Waals surface area contributed by atoms with Crippen LogP contribution in [0.4, 0.5) is 0 Å². The molecular formula is C97H37N3. The van der Waals surface area contributed by atoms with E-state index in [1.807, 2.05) is 0 Å². The Balaban J connectivity index is 0.840. The first kappa shape index (κ1) is 43.1. The van der Waals surface area contributed by atoms with Gasteiger partial charge in [-0.15, -0.1) is 0 Å². The Morgan fingerprint density at radius 2 is 0.570 bits per heavy atom. The van der Waals surface area contributed by atoms with Gasteiger partial charge in [0, 0.05) is 23.9 Å². The van der Waals surface area contributed by atoms with Crippen LogP contribution >= 0.6 is 0 Å². The molecule has 1 atom stereocenters. The number of benzene rings is 23. The minimum absolute atomic E-state index is 0.0416. The SMILES string of the molecule is CC(C)(C)c1cc(CN2CC34c5c6c7c8c9c%10c(c%11c%12c3c3c5c5c%13c6c6c7c7c9c9c%14c%10c%10c%11c%11c%12c%12c3c3c5c5c%13c%13c6c6c7c9c7c9c%14c%10c%10c%11c%11c%12c3c3c5c5c%13c6c7c6c9c%10c%11c3c56)C84C2c2ccc3nc4c5ccccc5c5ccccc5c4nc3c2)cc(C(C)(C)C)c1. The quantitative estimate of drug-likeness (QED) is 0.130. The maximum atomic E-state index is 6.04. The van der Waals surface area contributed by atoms with Gasteiger partial charge in [-0.25, -0.2) is 9.97 Å². The van der Waals surface area contributed by atoms with Gasteiger partial charge in [-0.1, -0.05) is 114 Å². The molecule has 39 rings (SSSR count). The summed E-state index contributed by atoms with van der Waals surface area (Å²) in [5.41, 5.74) is 15.5. The van der Waals surface area contributed by atoms with Crippen LogP contribution in [0.15, 0.2) is 84.9 Å². The molecule has 33 aromatic carbocycles. The summed E-state index contributed by atoms with van der Waals surface area (Å²) >= 11 is 0. The number of likely N-dealkylation sites (tertiary alicyclic amines) is 1. The Labute approximate surface area is 557 Å². The molecule has 440 valence electrons. The third-order valence-corrected chi connectivity index (χ3v) is 32.6. The van der Waals surface area contributed by atoms with Gasteiger partial charge in [-0.3, -0.25) is 4.90 Å². The van der Waals surface area contributed by atoms with E-state index in [-0.39, 0.29) is 16.9 Å². The highest BCUT2D eigenvalue weighted by Gasteiger charge is 2.76. The minimum Gasteiger partial charge on any atom is -0.290 e. The van der Waals surface area contributed by atoms with E-state index >= 15 is 0 Å². The van der Waals surface area contributed by atoms with E-state index in [0.29, 0.717) is 0 Å². The van der Waals surface area contributed by atoms with Gasteiger partial charge in [0.2, 0.25) is 0 Å². The molecule has 2 heterocycles. The van der Waals surface area contributed by atoms with Crippen LogP contribution < -0.4 is 0 Å². The minimum atomic E-state index is -0.548. The van der Waals surface area contributed by atoms with Crippen molar-refractivity contribution in [2.24, 2.45) is 0 Å². The maximum Gasteiger partial charge on any atom is 0.0979 e. The van der Waals surface area contributed by atoms with Gasteiger partial charge in [0.25, 0.3) is 0 Å². The standard InChI is InChI=1S/C97H37N3/c1-94(2,3)25-17-23(18-26(20-25)95(4,5)6)21-100-22-96-87-79-71-61-51-43-35-33-34-37-41-39(35)47-55-49(41)59-53-45(37)46-38(34)42-40-36(33)44(43)52-58-48(40)56-50(42)60-54(46)64-63(53)75-69(59)77-67(55)73(65(71)57(47)51)81(87)83(77)89-85(75)86-76(64)70(60)78-68(56)74-66(58)72(62(52)61)80(79)88(96)82(74)84(78)90(86)97(89,96)93(100)24-15-16-31-32(19-24)99-92-30-14-10-8-12-28(30)27-11-7-9-13-29(27)91(92)98-31/h7-20,93H,21-22H2,1-6H3. The molecular weight excluding hydrogens is 1210 g/mol. The number of hydrogen-bond acceptors (Lipinski definition) is 3. The van der Waals surface area contributed by atoms with Crippen molar-refractivity contribution in [2.75, 3.05) is 6.54 Å². The molecule has 3 nitrogen and oxygen atoms in total. The van der Waals surface area contributed by atoms with E-state index in [1.165, 1.54) is 43.8 Å². The average molecular weight is 1240 g/mol. The summed E-state index contributed by atoms with van der Waals surface area (Å²) in [7, 11) is 0. The average Bonchev–Trinajstić information content (AvgIpc) is 1.38. The molecule has 1 saturated heterocycles. The maximum absolute atomic E-state index is 6.04. The van der Waals surface area contributed by atoms with Crippen LogP contribution in [-0.2, 0) is 28.2 Å². The van der Waals surface area contributed by atoms with Crippen LogP contribution in [-0.4, -0.2) is 21.4 Å². The van der Waals surface area contributed by atoms with Crippen molar-refractivity contribution >= 4 is 334 Å². The zero-order valence-corrected chi connectivity index (χ0v) is 54.4. The van der Waals surface area contributed by atoms with E-state index in [9.17, 15) is 0 Å². The fourth-order valence-electron chi connectivity index (χ4n) is 30.9. The van der Waals surface area contributed by atoms with Crippen molar-refractivity contribution in [2.45, 2.75) is 75.8 Å². The monoisotopic (exact) mass is 1240 g/mol. The van der Waals surface area contributed by atoms with Gasteiger partial charge < -0.3 is 0 Å². The molecule has 1 fully saturated rings. The highest BCUT2D eigenvalue weighted by Crippen LogP contribution is 2.87.